The van der Waals surface area contributed by atoms with Gasteiger partial charge in [0, 0.05) is 18.5 Å². The fraction of sp³-hybridized carbons (Fsp3) is 0.300. The molecule has 5 nitrogen and oxygen atoms in total. The molecular weight excluding hydrogens is 262 g/mol. The van der Waals surface area contributed by atoms with E-state index in [1.165, 1.54) is 0 Å². The molecular formula is C10H8ClN3O2S. The monoisotopic (exact) mass is 269 g/mol. The van der Waals surface area contributed by atoms with E-state index in [0.29, 0.717) is 17.8 Å². The normalized spacial score (nSPS) is 14.0. The summed E-state index contributed by atoms with van der Waals surface area (Å²) in [5, 5.41) is 0.884. The van der Waals surface area contributed by atoms with Gasteiger partial charge in [0.2, 0.25) is 5.88 Å². The molecule has 1 aliphatic rings. The Morgan fingerprint density at radius 2 is 2.41 bits per heavy atom. The first kappa shape index (κ1) is 10.9. The molecule has 0 fully saturated rings. The topological polar surface area (TPSA) is 57.0 Å². The van der Waals surface area contributed by atoms with Crippen molar-refractivity contribution in [2.45, 2.75) is 11.4 Å². The molecule has 7 heteroatoms. The number of aryl methyl sites for hydroxylation is 1. The van der Waals surface area contributed by atoms with Crippen LogP contribution in [-0.2, 0) is 6.54 Å². The molecule has 0 unspecified atom stereocenters. The second-order valence-electron chi connectivity index (χ2n) is 3.54. The maximum absolute atomic E-state index is 11.8. The molecule has 0 bridgehead atoms. The number of hydrogen-bond acceptors (Lipinski definition) is 5. The lowest BCUT2D eigenvalue weighted by atomic mass is 10.3. The second-order valence-corrected chi connectivity index (χ2v) is 5.01. The minimum Gasteiger partial charge on any atom is -0.480 e. The molecule has 0 aromatic carbocycles. The van der Waals surface area contributed by atoms with Gasteiger partial charge in [0.25, 0.3) is 0 Å². The van der Waals surface area contributed by atoms with Crippen molar-refractivity contribution < 1.29 is 4.74 Å². The average Bonchev–Trinajstić information content (AvgIpc) is 2.35. The number of hydrogen-bond donors (Lipinski definition) is 0. The van der Waals surface area contributed by atoms with Crippen molar-refractivity contribution in [3.63, 3.8) is 0 Å². The van der Waals surface area contributed by atoms with Crippen LogP contribution in [0, 0.1) is 0 Å². The third-order valence-corrected chi connectivity index (χ3v) is 3.98. The number of halogens is 1. The molecule has 0 atom stereocenters. The van der Waals surface area contributed by atoms with Crippen LogP contribution in [-0.4, -0.2) is 27.4 Å². The lowest BCUT2D eigenvalue weighted by Crippen LogP contribution is -2.27. The molecule has 3 heterocycles. The highest BCUT2D eigenvalue weighted by Gasteiger charge is 2.21. The molecule has 0 saturated heterocycles. The van der Waals surface area contributed by atoms with E-state index in [2.05, 4.69) is 9.97 Å². The Morgan fingerprint density at radius 3 is 3.18 bits per heavy atom. The number of methoxy groups -OCH3 is 1. The van der Waals surface area contributed by atoms with Gasteiger partial charge in [0.05, 0.1) is 22.9 Å². The summed E-state index contributed by atoms with van der Waals surface area (Å²) in [6.07, 6.45) is 1.59. The molecule has 0 saturated carbocycles. The van der Waals surface area contributed by atoms with Crippen molar-refractivity contribution in [2.24, 2.45) is 0 Å². The smallest absolute Gasteiger partial charge is 0.349 e. The van der Waals surface area contributed by atoms with Gasteiger partial charge in [0.15, 0.2) is 0 Å². The van der Waals surface area contributed by atoms with Crippen molar-refractivity contribution in [3.05, 3.63) is 21.8 Å². The van der Waals surface area contributed by atoms with Gasteiger partial charge in [-0.2, -0.15) is 4.98 Å². The largest absolute Gasteiger partial charge is 0.480 e. The van der Waals surface area contributed by atoms with Crippen molar-refractivity contribution in [1.82, 2.24) is 14.5 Å². The molecule has 88 valence electrons. The number of rotatable bonds is 1. The number of nitrogens with zero attached hydrogens (tertiary/aromatic N) is 3. The lowest BCUT2D eigenvalue weighted by molar-refractivity contribution is 0.387. The minimum atomic E-state index is -0.322. The Bertz CT molecular complexity index is 671. The van der Waals surface area contributed by atoms with E-state index in [0.717, 1.165) is 16.2 Å². The fourth-order valence-corrected chi connectivity index (χ4v) is 3.21. The third-order valence-electron chi connectivity index (χ3n) is 2.65. The lowest BCUT2D eigenvalue weighted by Gasteiger charge is -2.19. The van der Waals surface area contributed by atoms with Crippen LogP contribution in [0.25, 0.3) is 10.9 Å². The number of thioether (sulfide) groups is 1. The quantitative estimate of drug-likeness (QED) is 0.736. The van der Waals surface area contributed by atoms with Gasteiger partial charge in [-0.15, -0.1) is 11.8 Å². The summed E-state index contributed by atoms with van der Waals surface area (Å²) in [6.45, 7) is 0.629. The summed E-state index contributed by atoms with van der Waals surface area (Å²) in [7, 11) is 1.56. The molecule has 17 heavy (non-hydrogen) atoms. The van der Waals surface area contributed by atoms with Gasteiger partial charge in [-0.1, -0.05) is 11.6 Å². The molecule has 0 radical (unpaired) electrons. The maximum Gasteiger partial charge on any atom is 0.349 e. The van der Waals surface area contributed by atoms with E-state index in [-0.39, 0.29) is 10.8 Å². The van der Waals surface area contributed by atoms with Crippen molar-refractivity contribution in [2.75, 3.05) is 12.9 Å². The zero-order valence-electron chi connectivity index (χ0n) is 8.94. The van der Waals surface area contributed by atoms with Crippen LogP contribution < -0.4 is 10.4 Å². The van der Waals surface area contributed by atoms with Crippen LogP contribution >= 0.6 is 23.4 Å². The molecule has 0 spiro atoms. The Hall–Kier alpha value is -1.27. The highest BCUT2D eigenvalue weighted by molar-refractivity contribution is 7.99. The van der Waals surface area contributed by atoms with E-state index in [1.807, 2.05) is 0 Å². The van der Waals surface area contributed by atoms with Crippen LogP contribution in [0.2, 0.25) is 5.15 Å². The van der Waals surface area contributed by atoms with E-state index < -0.39 is 0 Å². The SMILES string of the molecule is COc1ncc2c(Cl)nc(=O)n3c2c1SCC3. The van der Waals surface area contributed by atoms with E-state index in [9.17, 15) is 4.79 Å². The van der Waals surface area contributed by atoms with Crippen LogP contribution in [0.1, 0.15) is 0 Å². The van der Waals surface area contributed by atoms with E-state index >= 15 is 0 Å². The number of aromatic nitrogens is 3. The molecule has 2 aromatic rings. The highest BCUT2D eigenvalue weighted by atomic mass is 35.5. The molecule has 0 N–H and O–H groups in total. The Labute approximate surface area is 106 Å². The Morgan fingerprint density at radius 1 is 1.59 bits per heavy atom. The van der Waals surface area contributed by atoms with Gasteiger partial charge in [-0.25, -0.2) is 9.78 Å². The predicted molar refractivity (Wildman–Crippen MR) is 66.1 cm³/mol. The first-order valence-corrected chi connectivity index (χ1v) is 6.34. The summed E-state index contributed by atoms with van der Waals surface area (Å²) in [5.41, 5.74) is 0.454. The summed E-state index contributed by atoms with van der Waals surface area (Å²) in [6, 6.07) is 0. The standard InChI is InChI=1S/C10H8ClN3O2S/c1-16-9-7-6-5(4-12-9)8(11)13-10(15)14(6)2-3-17-7/h4H,2-3H2,1H3. The van der Waals surface area contributed by atoms with Gasteiger partial charge in [-0.05, 0) is 0 Å². The first-order valence-electron chi connectivity index (χ1n) is 4.98. The molecule has 2 aromatic heterocycles. The molecule has 0 aliphatic carbocycles. The van der Waals surface area contributed by atoms with E-state index in [4.69, 9.17) is 16.3 Å². The van der Waals surface area contributed by atoms with Crippen LogP contribution in [0.5, 0.6) is 5.88 Å². The molecule has 1 aliphatic heterocycles. The van der Waals surface area contributed by atoms with Gasteiger partial charge < -0.3 is 4.74 Å². The van der Waals surface area contributed by atoms with Crippen LogP contribution in [0.3, 0.4) is 0 Å². The van der Waals surface area contributed by atoms with Crippen LogP contribution in [0.15, 0.2) is 15.9 Å². The summed E-state index contributed by atoms with van der Waals surface area (Å²) in [4.78, 5) is 20.6. The van der Waals surface area contributed by atoms with E-state index in [1.54, 1.807) is 29.6 Å². The molecule has 3 rings (SSSR count). The van der Waals surface area contributed by atoms with Crippen molar-refractivity contribution in [1.29, 1.82) is 0 Å². The van der Waals surface area contributed by atoms with Gasteiger partial charge >= 0.3 is 5.69 Å². The van der Waals surface area contributed by atoms with Gasteiger partial charge in [0.1, 0.15) is 5.15 Å². The van der Waals surface area contributed by atoms with Crippen molar-refractivity contribution in [3.8, 4) is 5.88 Å². The average molecular weight is 270 g/mol. The molecule has 0 amide bonds. The summed E-state index contributed by atoms with van der Waals surface area (Å²) < 4.78 is 6.82. The minimum absolute atomic E-state index is 0.195. The first-order chi connectivity index (χ1) is 8.22. The van der Waals surface area contributed by atoms with Gasteiger partial charge in [-0.3, -0.25) is 4.57 Å². The zero-order valence-corrected chi connectivity index (χ0v) is 10.5. The maximum atomic E-state index is 11.8. The number of ether oxygens (including phenoxy) is 1. The Kier molecular flexibility index (Phi) is 2.48. The predicted octanol–water partition coefficient (Wildman–Crippen LogP) is 1.56. The van der Waals surface area contributed by atoms with Crippen molar-refractivity contribution >= 4 is 34.3 Å². The zero-order chi connectivity index (χ0) is 12.0. The number of pyridine rings is 1. The highest BCUT2D eigenvalue weighted by Crippen LogP contribution is 2.38. The summed E-state index contributed by atoms with van der Waals surface area (Å²) >= 11 is 7.58. The fourth-order valence-electron chi connectivity index (χ4n) is 1.91. The second kappa shape index (κ2) is 3.89. The third kappa shape index (κ3) is 1.51. The Balaban J connectivity index is 2.53. The summed E-state index contributed by atoms with van der Waals surface area (Å²) in [5.74, 6) is 1.32. The van der Waals surface area contributed by atoms with Crippen LogP contribution in [0.4, 0.5) is 0 Å².